The summed E-state index contributed by atoms with van der Waals surface area (Å²) in [4.78, 5) is 16.4. The second-order valence-electron chi connectivity index (χ2n) is 6.00. The van der Waals surface area contributed by atoms with Gasteiger partial charge in [-0.25, -0.2) is 4.98 Å². The molecule has 0 aliphatic heterocycles. The zero-order chi connectivity index (χ0) is 18.4. The first kappa shape index (κ1) is 18.0. The van der Waals surface area contributed by atoms with Gasteiger partial charge in [0.25, 0.3) is 0 Å². The highest BCUT2D eigenvalue weighted by atomic mass is 35.5. The second kappa shape index (κ2) is 8.50. The van der Waals surface area contributed by atoms with Crippen molar-refractivity contribution in [3.05, 3.63) is 83.0 Å². The topological polar surface area (TPSA) is 54.0 Å². The first-order valence-electron chi connectivity index (χ1n) is 8.44. The van der Waals surface area contributed by atoms with Crippen LogP contribution < -0.4 is 10.6 Å². The predicted octanol–water partition coefficient (Wildman–Crippen LogP) is 5.36. The Balaban J connectivity index is 1.55. The fourth-order valence-electron chi connectivity index (χ4n) is 2.55. The molecule has 26 heavy (non-hydrogen) atoms. The van der Waals surface area contributed by atoms with Crippen molar-refractivity contribution < 1.29 is 4.79 Å². The number of halogens is 1. The molecule has 1 aromatic heterocycles. The first-order valence-corrected chi connectivity index (χ1v) is 8.81. The summed E-state index contributed by atoms with van der Waals surface area (Å²) in [6, 6.07) is 19.3. The SMILES string of the molecule is Cc1c(Cl)cccc1Nc1ccc(NC(=O)CCc2ccccc2)cn1. The molecule has 4 nitrogen and oxygen atoms in total. The number of carbonyl (C=O) groups is 1. The highest BCUT2D eigenvalue weighted by molar-refractivity contribution is 6.31. The third kappa shape index (κ3) is 4.83. The van der Waals surface area contributed by atoms with E-state index < -0.39 is 0 Å². The predicted molar refractivity (Wildman–Crippen MR) is 107 cm³/mol. The number of nitrogens with zero attached hydrogens (tertiary/aromatic N) is 1. The minimum absolute atomic E-state index is 0.0259. The number of nitrogens with one attached hydrogen (secondary N) is 2. The van der Waals surface area contributed by atoms with Crippen LogP contribution >= 0.6 is 11.6 Å². The van der Waals surface area contributed by atoms with Crippen LogP contribution in [0.15, 0.2) is 66.9 Å². The lowest BCUT2D eigenvalue weighted by Gasteiger charge is -2.11. The number of rotatable bonds is 6. The van der Waals surface area contributed by atoms with Crippen molar-refractivity contribution in [3.63, 3.8) is 0 Å². The van der Waals surface area contributed by atoms with Crippen molar-refractivity contribution in [2.75, 3.05) is 10.6 Å². The van der Waals surface area contributed by atoms with E-state index in [4.69, 9.17) is 11.6 Å². The summed E-state index contributed by atoms with van der Waals surface area (Å²) in [7, 11) is 0. The maximum atomic E-state index is 12.1. The molecule has 2 N–H and O–H groups in total. The Morgan fingerprint density at radius 1 is 1.04 bits per heavy atom. The van der Waals surface area contributed by atoms with Crippen LogP contribution in [-0.2, 0) is 11.2 Å². The van der Waals surface area contributed by atoms with Gasteiger partial charge in [0.1, 0.15) is 5.82 Å². The molecule has 1 heterocycles. The Labute approximate surface area is 158 Å². The normalized spacial score (nSPS) is 10.4. The number of aromatic nitrogens is 1. The highest BCUT2D eigenvalue weighted by Gasteiger charge is 2.06. The van der Waals surface area contributed by atoms with E-state index in [0.29, 0.717) is 29.4 Å². The smallest absolute Gasteiger partial charge is 0.224 e. The maximum absolute atomic E-state index is 12.1. The first-order chi connectivity index (χ1) is 12.6. The number of carbonyl (C=O) groups excluding carboxylic acids is 1. The molecule has 132 valence electrons. The summed E-state index contributed by atoms with van der Waals surface area (Å²) < 4.78 is 0. The van der Waals surface area contributed by atoms with E-state index in [0.717, 1.165) is 16.8 Å². The molecule has 0 saturated heterocycles. The average Bonchev–Trinajstić information content (AvgIpc) is 2.66. The molecule has 0 saturated carbocycles. The van der Waals surface area contributed by atoms with Gasteiger partial charge in [-0.3, -0.25) is 4.79 Å². The van der Waals surface area contributed by atoms with Gasteiger partial charge in [0.2, 0.25) is 5.91 Å². The van der Waals surface area contributed by atoms with Crippen molar-refractivity contribution in [2.24, 2.45) is 0 Å². The number of hydrogen-bond acceptors (Lipinski definition) is 3. The molecular weight excluding hydrogens is 346 g/mol. The van der Waals surface area contributed by atoms with Crippen molar-refractivity contribution in [2.45, 2.75) is 19.8 Å². The molecule has 0 unspecified atom stereocenters. The van der Waals surface area contributed by atoms with E-state index in [9.17, 15) is 4.79 Å². The van der Waals surface area contributed by atoms with Gasteiger partial charge in [0.15, 0.2) is 0 Å². The van der Waals surface area contributed by atoms with Crippen LogP contribution in [0.25, 0.3) is 0 Å². The second-order valence-corrected chi connectivity index (χ2v) is 6.41. The van der Waals surface area contributed by atoms with Crippen LogP contribution in [-0.4, -0.2) is 10.9 Å². The molecular formula is C21H20ClN3O. The fraction of sp³-hybridized carbons (Fsp3) is 0.143. The molecule has 0 fully saturated rings. The van der Waals surface area contributed by atoms with E-state index in [1.54, 1.807) is 6.20 Å². The molecule has 5 heteroatoms. The molecule has 0 spiro atoms. The number of hydrogen-bond donors (Lipinski definition) is 2. The van der Waals surface area contributed by atoms with E-state index in [1.807, 2.05) is 67.6 Å². The maximum Gasteiger partial charge on any atom is 0.224 e. The lowest BCUT2D eigenvalue weighted by atomic mass is 10.1. The highest BCUT2D eigenvalue weighted by Crippen LogP contribution is 2.25. The minimum Gasteiger partial charge on any atom is -0.340 e. The molecule has 0 atom stereocenters. The van der Waals surface area contributed by atoms with Crippen molar-refractivity contribution in [1.82, 2.24) is 4.98 Å². The Bertz CT molecular complexity index is 880. The van der Waals surface area contributed by atoms with Gasteiger partial charge >= 0.3 is 0 Å². The third-order valence-corrected chi connectivity index (χ3v) is 4.47. The van der Waals surface area contributed by atoms with Crippen molar-refractivity contribution >= 4 is 34.7 Å². The average molecular weight is 366 g/mol. The van der Waals surface area contributed by atoms with Gasteiger partial charge in [0.05, 0.1) is 11.9 Å². The standard InChI is InChI=1S/C21H20ClN3O/c1-15-18(22)8-5-9-19(15)25-20-12-11-17(14-23-20)24-21(26)13-10-16-6-3-2-4-7-16/h2-9,11-12,14H,10,13H2,1H3,(H,23,25)(H,24,26). The molecule has 2 aromatic carbocycles. The van der Waals surface area contributed by atoms with Gasteiger partial charge in [-0.1, -0.05) is 48.0 Å². The van der Waals surface area contributed by atoms with Crippen molar-refractivity contribution in [1.29, 1.82) is 0 Å². The number of aryl methyl sites for hydroxylation is 1. The van der Waals surface area contributed by atoms with Crippen LogP contribution in [0.5, 0.6) is 0 Å². The van der Waals surface area contributed by atoms with Crippen LogP contribution in [0.4, 0.5) is 17.2 Å². The number of pyridine rings is 1. The minimum atomic E-state index is -0.0259. The molecule has 0 bridgehead atoms. The Morgan fingerprint density at radius 3 is 2.58 bits per heavy atom. The van der Waals surface area contributed by atoms with Gasteiger partial charge in [-0.15, -0.1) is 0 Å². The summed E-state index contributed by atoms with van der Waals surface area (Å²) in [5.41, 5.74) is 3.70. The molecule has 1 amide bonds. The number of anilines is 3. The molecule has 0 radical (unpaired) electrons. The van der Waals surface area contributed by atoms with Gasteiger partial charge in [0, 0.05) is 17.1 Å². The largest absolute Gasteiger partial charge is 0.340 e. The lowest BCUT2D eigenvalue weighted by Crippen LogP contribution is -2.12. The summed E-state index contributed by atoms with van der Waals surface area (Å²) in [6.45, 7) is 1.95. The van der Waals surface area contributed by atoms with Crippen LogP contribution in [0.1, 0.15) is 17.5 Å². The van der Waals surface area contributed by atoms with Gasteiger partial charge < -0.3 is 10.6 Å². The van der Waals surface area contributed by atoms with E-state index in [-0.39, 0.29) is 5.91 Å². The Morgan fingerprint density at radius 2 is 1.85 bits per heavy atom. The molecule has 0 aliphatic rings. The lowest BCUT2D eigenvalue weighted by molar-refractivity contribution is -0.116. The molecule has 3 rings (SSSR count). The summed E-state index contributed by atoms with van der Waals surface area (Å²) >= 11 is 6.13. The quantitative estimate of drug-likeness (QED) is 0.618. The van der Waals surface area contributed by atoms with Gasteiger partial charge in [-0.2, -0.15) is 0 Å². The monoisotopic (exact) mass is 365 g/mol. The molecule has 3 aromatic rings. The van der Waals surface area contributed by atoms with E-state index >= 15 is 0 Å². The van der Waals surface area contributed by atoms with E-state index in [2.05, 4.69) is 15.6 Å². The van der Waals surface area contributed by atoms with E-state index in [1.165, 1.54) is 0 Å². The summed E-state index contributed by atoms with van der Waals surface area (Å²) in [6.07, 6.45) is 2.79. The van der Waals surface area contributed by atoms with Crippen LogP contribution in [0.3, 0.4) is 0 Å². The third-order valence-electron chi connectivity index (χ3n) is 4.06. The Hall–Kier alpha value is -2.85. The summed E-state index contributed by atoms with van der Waals surface area (Å²) in [5.74, 6) is 0.666. The van der Waals surface area contributed by atoms with Crippen molar-refractivity contribution in [3.8, 4) is 0 Å². The number of amides is 1. The summed E-state index contributed by atoms with van der Waals surface area (Å²) in [5, 5.41) is 6.81. The zero-order valence-electron chi connectivity index (χ0n) is 14.5. The molecule has 0 aliphatic carbocycles. The van der Waals surface area contributed by atoms with Gasteiger partial charge in [-0.05, 0) is 48.7 Å². The Kier molecular flexibility index (Phi) is 5.87. The van der Waals surface area contributed by atoms with Crippen LogP contribution in [0.2, 0.25) is 5.02 Å². The fourth-order valence-corrected chi connectivity index (χ4v) is 2.72. The van der Waals surface area contributed by atoms with Crippen LogP contribution in [0, 0.1) is 6.92 Å². The zero-order valence-corrected chi connectivity index (χ0v) is 15.3. The number of benzene rings is 2.